The summed E-state index contributed by atoms with van der Waals surface area (Å²) in [5.74, 6) is 0.879. The Bertz CT molecular complexity index is 1570. The number of fused-ring (bicyclic) bond motifs is 1. The number of sulfonamides is 1. The van der Waals surface area contributed by atoms with Gasteiger partial charge in [-0.15, -0.1) is 11.3 Å². The molecule has 2 heterocycles. The number of nitrogens with one attached hydrogen (secondary N) is 2. The molecular formula is C25H19N3O5S2. The standard InChI is InChI=1S/C25H19N3O5S2/c29-24(27-18-8-11-20(12-9-18)35(30,31)28-25-26-14-15-34-25)23-13-10-19(33-23)16-32-22-7-3-5-17-4-1-2-6-21(17)22/h1-15H,16H2,(H,26,28)(H,27,29). The zero-order chi connectivity index (χ0) is 24.3. The van der Waals surface area contributed by atoms with Crippen LogP contribution in [0.15, 0.2) is 99.8 Å². The van der Waals surface area contributed by atoms with Gasteiger partial charge in [-0.2, -0.15) is 0 Å². The first-order valence-corrected chi connectivity index (χ1v) is 12.9. The van der Waals surface area contributed by atoms with Gasteiger partial charge in [0, 0.05) is 22.7 Å². The molecule has 0 fully saturated rings. The molecule has 176 valence electrons. The molecular weight excluding hydrogens is 486 g/mol. The lowest BCUT2D eigenvalue weighted by atomic mass is 10.1. The molecule has 10 heteroatoms. The van der Waals surface area contributed by atoms with Crippen molar-refractivity contribution in [2.24, 2.45) is 0 Å². The highest BCUT2D eigenvalue weighted by molar-refractivity contribution is 7.93. The van der Waals surface area contributed by atoms with Crippen molar-refractivity contribution in [3.05, 3.63) is 102 Å². The number of aromatic nitrogens is 1. The van der Waals surface area contributed by atoms with E-state index in [1.54, 1.807) is 17.5 Å². The lowest BCUT2D eigenvalue weighted by Crippen LogP contribution is -2.13. The summed E-state index contributed by atoms with van der Waals surface area (Å²) in [7, 11) is -3.77. The molecule has 0 aliphatic rings. The fourth-order valence-corrected chi connectivity index (χ4v) is 5.19. The van der Waals surface area contributed by atoms with Gasteiger partial charge in [-0.3, -0.25) is 9.52 Å². The zero-order valence-corrected chi connectivity index (χ0v) is 19.8. The third-order valence-corrected chi connectivity index (χ3v) is 7.25. The molecule has 2 N–H and O–H groups in total. The minimum Gasteiger partial charge on any atom is -0.485 e. The third kappa shape index (κ3) is 5.18. The van der Waals surface area contributed by atoms with E-state index < -0.39 is 15.9 Å². The topological polar surface area (TPSA) is 111 Å². The number of carbonyl (C=O) groups is 1. The summed E-state index contributed by atoms with van der Waals surface area (Å²) in [5, 5.41) is 6.71. The second-order valence-corrected chi connectivity index (χ2v) is 10.0. The summed E-state index contributed by atoms with van der Waals surface area (Å²) in [6.07, 6.45) is 1.51. The quantitative estimate of drug-likeness (QED) is 0.287. The van der Waals surface area contributed by atoms with Crippen LogP contribution >= 0.6 is 11.3 Å². The number of rotatable bonds is 8. The van der Waals surface area contributed by atoms with Gasteiger partial charge in [-0.25, -0.2) is 13.4 Å². The van der Waals surface area contributed by atoms with Crippen molar-refractivity contribution in [2.45, 2.75) is 11.5 Å². The Labute approximate surface area is 205 Å². The molecule has 0 saturated heterocycles. The number of furan rings is 1. The maximum Gasteiger partial charge on any atom is 0.291 e. The number of benzene rings is 3. The van der Waals surface area contributed by atoms with E-state index in [0.29, 0.717) is 11.4 Å². The highest BCUT2D eigenvalue weighted by atomic mass is 32.2. The summed E-state index contributed by atoms with van der Waals surface area (Å²) in [4.78, 5) is 16.6. The van der Waals surface area contributed by atoms with Crippen LogP contribution in [-0.2, 0) is 16.6 Å². The Balaban J connectivity index is 1.21. The normalized spacial score (nSPS) is 11.3. The Morgan fingerprint density at radius 1 is 0.971 bits per heavy atom. The van der Waals surface area contributed by atoms with E-state index in [2.05, 4.69) is 15.0 Å². The van der Waals surface area contributed by atoms with Crippen LogP contribution in [0.3, 0.4) is 0 Å². The lowest BCUT2D eigenvalue weighted by Gasteiger charge is -2.08. The van der Waals surface area contributed by atoms with Gasteiger partial charge in [0.15, 0.2) is 10.9 Å². The van der Waals surface area contributed by atoms with Crippen molar-refractivity contribution in [1.82, 2.24) is 4.98 Å². The first-order chi connectivity index (χ1) is 17.0. The van der Waals surface area contributed by atoms with E-state index in [-0.39, 0.29) is 22.4 Å². The smallest absolute Gasteiger partial charge is 0.291 e. The SMILES string of the molecule is O=C(Nc1ccc(S(=O)(=O)Nc2nccs2)cc1)c1ccc(COc2cccc3ccccc23)o1. The van der Waals surface area contributed by atoms with Crippen LogP contribution in [0.4, 0.5) is 10.8 Å². The van der Waals surface area contributed by atoms with Gasteiger partial charge in [0.05, 0.1) is 4.90 Å². The predicted octanol–water partition coefficient (Wildman–Crippen LogP) is 5.52. The van der Waals surface area contributed by atoms with Crippen molar-refractivity contribution < 1.29 is 22.4 Å². The highest BCUT2D eigenvalue weighted by Gasteiger charge is 2.17. The van der Waals surface area contributed by atoms with Crippen LogP contribution in [-0.4, -0.2) is 19.3 Å². The predicted molar refractivity (Wildman–Crippen MR) is 134 cm³/mol. The van der Waals surface area contributed by atoms with Crippen LogP contribution in [0, 0.1) is 0 Å². The molecule has 2 aromatic heterocycles. The molecule has 0 aliphatic carbocycles. The largest absolute Gasteiger partial charge is 0.485 e. The summed E-state index contributed by atoms with van der Waals surface area (Å²) >= 11 is 1.18. The number of ether oxygens (including phenoxy) is 1. The Morgan fingerprint density at radius 3 is 2.57 bits per heavy atom. The highest BCUT2D eigenvalue weighted by Crippen LogP contribution is 2.26. The van der Waals surface area contributed by atoms with Gasteiger partial charge in [-0.1, -0.05) is 36.4 Å². The van der Waals surface area contributed by atoms with Crippen LogP contribution in [0.1, 0.15) is 16.3 Å². The summed E-state index contributed by atoms with van der Waals surface area (Å²) in [5.41, 5.74) is 0.424. The van der Waals surface area contributed by atoms with E-state index in [9.17, 15) is 13.2 Å². The maximum atomic E-state index is 12.6. The summed E-state index contributed by atoms with van der Waals surface area (Å²) in [6, 6.07) is 22.8. The van der Waals surface area contributed by atoms with Gasteiger partial charge in [0.25, 0.3) is 15.9 Å². The van der Waals surface area contributed by atoms with Crippen LogP contribution in [0.2, 0.25) is 0 Å². The molecule has 0 aliphatic heterocycles. The van der Waals surface area contributed by atoms with Gasteiger partial charge in [0.2, 0.25) is 0 Å². The first-order valence-electron chi connectivity index (χ1n) is 10.5. The van der Waals surface area contributed by atoms with E-state index in [4.69, 9.17) is 9.15 Å². The van der Waals surface area contributed by atoms with Crippen LogP contribution < -0.4 is 14.8 Å². The molecule has 5 aromatic rings. The molecule has 35 heavy (non-hydrogen) atoms. The number of nitrogens with zero attached hydrogens (tertiary/aromatic N) is 1. The second-order valence-electron chi connectivity index (χ2n) is 7.45. The van der Waals surface area contributed by atoms with Crippen LogP contribution in [0.25, 0.3) is 10.8 Å². The average Bonchev–Trinajstić information content (AvgIpc) is 3.55. The van der Waals surface area contributed by atoms with E-state index in [1.807, 2.05) is 42.5 Å². The molecule has 0 spiro atoms. The summed E-state index contributed by atoms with van der Waals surface area (Å²) in [6.45, 7) is 0.167. The number of hydrogen-bond acceptors (Lipinski definition) is 7. The average molecular weight is 506 g/mol. The first kappa shape index (κ1) is 22.6. The zero-order valence-electron chi connectivity index (χ0n) is 18.2. The van der Waals surface area contributed by atoms with Crippen LogP contribution in [0.5, 0.6) is 5.75 Å². The van der Waals surface area contributed by atoms with Crippen molar-refractivity contribution in [1.29, 1.82) is 0 Å². The Hall–Kier alpha value is -4.15. The number of amides is 1. The van der Waals surface area contributed by atoms with E-state index >= 15 is 0 Å². The molecule has 0 radical (unpaired) electrons. The molecule has 8 nitrogen and oxygen atoms in total. The molecule has 0 bridgehead atoms. The number of anilines is 2. The second kappa shape index (κ2) is 9.61. The van der Waals surface area contributed by atoms with E-state index in [0.717, 1.165) is 16.5 Å². The minimum absolute atomic E-state index is 0.0524. The molecule has 1 amide bonds. The van der Waals surface area contributed by atoms with Crippen molar-refractivity contribution >= 4 is 48.9 Å². The molecule has 5 rings (SSSR count). The monoisotopic (exact) mass is 505 g/mol. The molecule has 0 atom stereocenters. The van der Waals surface area contributed by atoms with Gasteiger partial charge in [0.1, 0.15) is 18.1 Å². The van der Waals surface area contributed by atoms with Crippen molar-refractivity contribution in [3.63, 3.8) is 0 Å². The fourth-order valence-electron chi connectivity index (χ4n) is 3.41. The maximum absolute atomic E-state index is 12.6. The third-order valence-electron chi connectivity index (χ3n) is 5.08. The molecule has 0 unspecified atom stereocenters. The number of hydrogen-bond donors (Lipinski definition) is 2. The summed E-state index contributed by atoms with van der Waals surface area (Å²) < 4.78 is 38.8. The molecule has 0 saturated carbocycles. The van der Waals surface area contributed by atoms with Gasteiger partial charge >= 0.3 is 0 Å². The minimum atomic E-state index is -3.77. The van der Waals surface area contributed by atoms with E-state index in [1.165, 1.54) is 41.8 Å². The van der Waals surface area contributed by atoms with Gasteiger partial charge < -0.3 is 14.5 Å². The number of thiazole rings is 1. The fraction of sp³-hybridized carbons (Fsp3) is 0.0400. The van der Waals surface area contributed by atoms with Crippen molar-refractivity contribution in [2.75, 3.05) is 10.0 Å². The lowest BCUT2D eigenvalue weighted by molar-refractivity contribution is 0.0992. The van der Waals surface area contributed by atoms with Crippen molar-refractivity contribution in [3.8, 4) is 5.75 Å². The molecule has 3 aromatic carbocycles. The number of carbonyl (C=O) groups excluding carboxylic acids is 1. The van der Waals surface area contributed by atoms with Gasteiger partial charge in [-0.05, 0) is 47.9 Å². The Morgan fingerprint density at radius 2 is 1.77 bits per heavy atom. The Kier molecular flexibility index (Phi) is 6.21.